The standard InChI is InChI=1S/C14H27FO2S/c1-4-6-7-10-13(14(16)17-3)18-11-8-9-12(15)5-2/h12-13H,4-11H2,1-3H3. The topological polar surface area (TPSA) is 26.3 Å². The van der Waals surface area contributed by atoms with Gasteiger partial charge in [-0.15, -0.1) is 11.8 Å². The third-order valence-corrected chi connectivity index (χ3v) is 4.31. The van der Waals surface area contributed by atoms with Gasteiger partial charge in [0.15, 0.2) is 0 Å². The molecule has 0 aliphatic heterocycles. The van der Waals surface area contributed by atoms with Crippen molar-refractivity contribution in [2.75, 3.05) is 12.9 Å². The minimum atomic E-state index is -0.692. The lowest BCUT2D eigenvalue weighted by molar-refractivity contribution is -0.140. The number of thioether (sulfide) groups is 1. The van der Waals surface area contributed by atoms with Crippen LogP contribution in [-0.4, -0.2) is 30.3 Å². The fourth-order valence-electron chi connectivity index (χ4n) is 1.71. The molecule has 0 bridgehead atoms. The fraction of sp³-hybridized carbons (Fsp3) is 0.929. The number of hydrogen-bond donors (Lipinski definition) is 0. The summed E-state index contributed by atoms with van der Waals surface area (Å²) in [5.41, 5.74) is 0. The van der Waals surface area contributed by atoms with Crippen LogP contribution >= 0.6 is 11.8 Å². The van der Waals surface area contributed by atoms with E-state index in [1.165, 1.54) is 7.11 Å². The van der Waals surface area contributed by atoms with Crippen molar-refractivity contribution in [2.45, 2.75) is 70.2 Å². The number of rotatable bonds is 11. The van der Waals surface area contributed by atoms with Crippen molar-refractivity contribution in [1.82, 2.24) is 0 Å². The molecule has 0 rings (SSSR count). The van der Waals surface area contributed by atoms with Crippen LogP contribution in [0.5, 0.6) is 0 Å². The van der Waals surface area contributed by atoms with Crippen LogP contribution in [0.1, 0.15) is 58.8 Å². The SMILES string of the molecule is CCCCCC(SCCCC(F)CC)C(=O)OC. The van der Waals surface area contributed by atoms with Crippen LogP contribution in [0.4, 0.5) is 4.39 Å². The van der Waals surface area contributed by atoms with Crippen molar-refractivity contribution in [3.05, 3.63) is 0 Å². The van der Waals surface area contributed by atoms with E-state index < -0.39 is 6.17 Å². The zero-order chi connectivity index (χ0) is 13.8. The Bertz CT molecular complexity index is 212. The van der Waals surface area contributed by atoms with Crippen molar-refractivity contribution in [3.63, 3.8) is 0 Å². The summed E-state index contributed by atoms with van der Waals surface area (Å²) in [7, 11) is 1.43. The molecule has 0 amide bonds. The van der Waals surface area contributed by atoms with Crippen molar-refractivity contribution in [1.29, 1.82) is 0 Å². The first-order valence-electron chi connectivity index (χ1n) is 6.99. The quantitative estimate of drug-likeness (QED) is 0.415. The van der Waals surface area contributed by atoms with Gasteiger partial charge in [-0.05, 0) is 31.4 Å². The highest BCUT2D eigenvalue weighted by Crippen LogP contribution is 2.21. The number of esters is 1. The number of alkyl halides is 1. The van der Waals surface area contributed by atoms with Crippen LogP contribution in [0, 0.1) is 0 Å². The lowest BCUT2D eigenvalue weighted by Crippen LogP contribution is -2.19. The Hall–Kier alpha value is -0.250. The Morgan fingerprint density at radius 1 is 1.22 bits per heavy atom. The summed E-state index contributed by atoms with van der Waals surface area (Å²) in [5, 5.41) is -0.0683. The Morgan fingerprint density at radius 2 is 1.94 bits per heavy atom. The number of unbranched alkanes of at least 4 members (excludes halogenated alkanes) is 2. The van der Waals surface area contributed by atoms with E-state index in [2.05, 4.69) is 6.92 Å². The van der Waals surface area contributed by atoms with Gasteiger partial charge in [0, 0.05) is 0 Å². The zero-order valence-corrected chi connectivity index (χ0v) is 12.7. The number of ether oxygens (including phenoxy) is 1. The lowest BCUT2D eigenvalue weighted by Gasteiger charge is -2.14. The molecule has 0 saturated heterocycles. The minimum absolute atomic E-state index is 0.0683. The summed E-state index contributed by atoms with van der Waals surface area (Å²) in [5.74, 6) is 0.704. The molecule has 0 N–H and O–H groups in total. The van der Waals surface area contributed by atoms with E-state index in [9.17, 15) is 9.18 Å². The Balaban J connectivity index is 3.82. The van der Waals surface area contributed by atoms with Crippen LogP contribution in [0.25, 0.3) is 0 Å². The van der Waals surface area contributed by atoms with E-state index in [0.29, 0.717) is 12.8 Å². The van der Waals surface area contributed by atoms with Crippen LogP contribution in [0.15, 0.2) is 0 Å². The van der Waals surface area contributed by atoms with E-state index in [1.807, 2.05) is 6.92 Å². The average Bonchev–Trinajstić information content (AvgIpc) is 2.40. The molecule has 0 fully saturated rings. The molecular formula is C14H27FO2S. The second-order valence-corrected chi connectivity index (χ2v) is 5.84. The minimum Gasteiger partial charge on any atom is -0.468 e. The normalized spacial score (nSPS) is 14.2. The molecule has 0 aliphatic rings. The molecule has 4 heteroatoms. The first-order valence-corrected chi connectivity index (χ1v) is 8.04. The van der Waals surface area contributed by atoms with Gasteiger partial charge in [-0.25, -0.2) is 4.39 Å². The molecule has 0 aromatic carbocycles. The van der Waals surface area contributed by atoms with Gasteiger partial charge in [0.2, 0.25) is 0 Å². The zero-order valence-electron chi connectivity index (χ0n) is 11.9. The Morgan fingerprint density at radius 3 is 2.50 bits per heavy atom. The summed E-state index contributed by atoms with van der Waals surface area (Å²) in [6, 6.07) is 0. The Labute approximate surface area is 115 Å². The first kappa shape index (κ1) is 17.8. The van der Waals surface area contributed by atoms with Gasteiger partial charge in [0.05, 0.1) is 13.3 Å². The van der Waals surface area contributed by atoms with Crippen molar-refractivity contribution in [2.24, 2.45) is 0 Å². The van der Waals surface area contributed by atoms with E-state index >= 15 is 0 Å². The third-order valence-electron chi connectivity index (χ3n) is 2.96. The molecule has 0 aromatic rings. The molecule has 108 valence electrons. The maximum Gasteiger partial charge on any atom is 0.318 e. The molecule has 0 spiro atoms. The third kappa shape index (κ3) is 8.78. The molecule has 0 aliphatic carbocycles. The maximum atomic E-state index is 13.0. The van der Waals surface area contributed by atoms with Crippen LogP contribution in [-0.2, 0) is 9.53 Å². The summed E-state index contributed by atoms with van der Waals surface area (Å²) in [4.78, 5) is 11.6. The van der Waals surface area contributed by atoms with E-state index in [4.69, 9.17) is 4.74 Å². The van der Waals surface area contributed by atoms with Gasteiger partial charge >= 0.3 is 5.97 Å². The van der Waals surface area contributed by atoms with E-state index in [-0.39, 0.29) is 11.2 Å². The highest BCUT2D eigenvalue weighted by Gasteiger charge is 2.18. The number of halogens is 1. The summed E-state index contributed by atoms with van der Waals surface area (Å²) < 4.78 is 17.8. The van der Waals surface area contributed by atoms with Gasteiger partial charge in [-0.2, -0.15) is 0 Å². The fourth-order valence-corrected chi connectivity index (χ4v) is 2.90. The molecule has 2 unspecified atom stereocenters. The molecular weight excluding hydrogens is 251 g/mol. The summed E-state index contributed by atoms with van der Waals surface area (Å²) >= 11 is 1.62. The predicted molar refractivity (Wildman–Crippen MR) is 76.8 cm³/mol. The van der Waals surface area contributed by atoms with E-state index in [1.54, 1.807) is 11.8 Å². The molecule has 0 saturated carbocycles. The van der Waals surface area contributed by atoms with Crippen LogP contribution in [0.2, 0.25) is 0 Å². The average molecular weight is 278 g/mol. The molecule has 2 atom stereocenters. The van der Waals surface area contributed by atoms with Crippen LogP contribution < -0.4 is 0 Å². The van der Waals surface area contributed by atoms with Crippen molar-refractivity contribution < 1.29 is 13.9 Å². The van der Waals surface area contributed by atoms with Crippen molar-refractivity contribution >= 4 is 17.7 Å². The smallest absolute Gasteiger partial charge is 0.318 e. The second kappa shape index (κ2) is 11.8. The second-order valence-electron chi connectivity index (χ2n) is 4.53. The van der Waals surface area contributed by atoms with Gasteiger partial charge in [0.25, 0.3) is 0 Å². The summed E-state index contributed by atoms with van der Waals surface area (Å²) in [6.07, 6.45) is 5.56. The Kier molecular flexibility index (Phi) is 11.7. The molecule has 18 heavy (non-hydrogen) atoms. The number of methoxy groups -OCH3 is 1. The number of carbonyl (C=O) groups excluding carboxylic acids is 1. The van der Waals surface area contributed by atoms with Gasteiger partial charge in [-0.3, -0.25) is 4.79 Å². The molecule has 0 heterocycles. The lowest BCUT2D eigenvalue weighted by atomic mass is 10.1. The van der Waals surface area contributed by atoms with Gasteiger partial charge < -0.3 is 4.74 Å². The van der Waals surface area contributed by atoms with Gasteiger partial charge in [-0.1, -0.05) is 33.1 Å². The van der Waals surface area contributed by atoms with Crippen LogP contribution in [0.3, 0.4) is 0 Å². The maximum absolute atomic E-state index is 13.0. The molecule has 0 radical (unpaired) electrons. The highest BCUT2D eigenvalue weighted by atomic mass is 32.2. The number of carbonyl (C=O) groups is 1. The van der Waals surface area contributed by atoms with Gasteiger partial charge in [0.1, 0.15) is 5.25 Å². The highest BCUT2D eigenvalue weighted by molar-refractivity contribution is 8.00. The van der Waals surface area contributed by atoms with E-state index in [0.717, 1.165) is 37.9 Å². The molecule has 0 aromatic heterocycles. The monoisotopic (exact) mass is 278 g/mol. The predicted octanol–water partition coefficient (Wildman–Crippen LogP) is 4.37. The largest absolute Gasteiger partial charge is 0.468 e. The number of hydrogen-bond acceptors (Lipinski definition) is 3. The van der Waals surface area contributed by atoms with Crippen molar-refractivity contribution in [3.8, 4) is 0 Å². The first-order chi connectivity index (χ1) is 8.65. The molecule has 2 nitrogen and oxygen atoms in total. The summed E-state index contributed by atoms with van der Waals surface area (Å²) in [6.45, 7) is 4.01.